The third-order valence-electron chi connectivity index (χ3n) is 16.4. The van der Waals surface area contributed by atoms with Crippen molar-refractivity contribution in [1.29, 1.82) is 0 Å². The average molecular weight is 1180 g/mol. The summed E-state index contributed by atoms with van der Waals surface area (Å²) in [5, 5.41) is 4.75. The van der Waals surface area contributed by atoms with Gasteiger partial charge in [0.25, 0.3) is 0 Å². The summed E-state index contributed by atoms with van der Waals surface area (Å²) in [5.74, 6) is 3.53. The molecular formula is C81H120N4S. The fourth-order valence-electron chi connectivity index (χ4n) is 9.59. The molecule has 1 N–H and O–H groups in total. The highest BCUT2D eigenvalue weighted by Crippen LogP contribution is 2.39. The molecule has 4 heterocycles. The van der Waals surface area contributed by atoms with Crippen LogP contribution < -0.4 is 0 Å². The zero-order chi connectivity index (χ0) is 65.2. The second-order valence-corrected chi connectivity index (χ2v) is 33.4. The number of hydrogen-bond acceptors (Lipinski definition) is 4. The number of aromatic amines is 1. The van der Waals surface area contributed by atoms with Crippen molar-refractivity contribution in [2.75, 3.05) is 0 Å². The highest BCUT2D eigenvalue weighted by molar-refractivity contribution is 7.09. The first-order valence-electron chi connectivity index (χ1n) is 32.6. The van der Waals surface area contributed by atoms with Crippen molar-refractivity contribution < 1.29 is 0 Å². The lowest BCUT2D eigenvalue weighted by Gasteiger charge is -2.22. The molecule has 9 rings (SSSR count). The number of thiazole rings is 1. The van der Waals surface area contributed by atoms with Gasteiger partial charge in [-0.3, -0.25) is 9.98 Å². The Kier molecular flexibility index (Phi) is 25.3. The number of nitrogens with zero attached hydrogens (tertiary/aromatic N) is 3. The number of hydrogen-bond donors (Lipinski definition) is 1. The number of benzene rings is 4. The molecule has 3 aromatic heterocycles. The number of pyridine rings is 1. The predicted octanol–water partition coefficient (Wildman–Crippen LogP) is 25.0. The van der Waals surface area contributed by atoms with Crippen LogP contribution in [-0.2, 0) is 34.5 Å². The van der Waals surface area contributed by atoms with Gasteiger partial charge in [-0.25, -0.2) is 4.98 Å². The van der Waals surface area contributed by atoms with Gasteiger partial charge in [0.05, 0.1) is 16.4 Å². The van der Waals surface area contributed by atoms with Crippen LogP contribution in [0.1, 0.15) is 315 Å². The van der Waals surface area contributed by atoms with E-state index in [0.29, 0.717) is 40.9 Å². The Morgan fingerprint density at radius 3 is 1.38 bits per heavy atom. The maximum atomic E-state index is 4.78. The number of nitrogens with one attached hydrogen (secondary N) is 1. The summed E-state index contributed by atoms with van der Waals surface area (Å²) in [7, 11) is 0. The summed E-state index contributed by atoms with van der Waals surface area (Å²) in [4.78, 5) is 17.3. The Balaban J connectivity index is 0.000000222. The van der Waals surface area contributed by atoms with Crippen molar-refractivity contribution in [2.24, 2.45) is 15.8 Å². The molecule has 4 nitrogen and oxygen atoms in total. The number of aliphatic imine (C=N–C) groups is 1. The van der Waals surface area contributed by atoms with Crippen molar-refractivity contribution in [2.45, 2.75) is 278 Å². The highest BCUT2D eigenvalue weighted by Gasteiger charge is 2.27. The first kappa shape index (κ1) is 73.1. The zero-order valence-electron chi connectivity index (χ0n) is 60.1. The Morgan fingerprint density at radius 2 is 0.942 bits per heavy atom. The summed E-state index contributed by atoms with van der Waals surface area (Å²) in [6, 6.07) is 36.0. The van der Waals surface area contributed by atoms with Gasteiger partial charge in [0.2, 0.25) is 0 Å². The van der Waals surface area contributed by atoms with Crippen LogP contribution in [-0.4, -0.2) is 20.7 Å². The number of allylic oxidation sites excluding steroid dienone is 1. The molecule has 7 aromatic rings. The fourth-order valence-corrected chi connectivity index (χ4v) is 10.6. The van der Waals surface area contributed by atoms with Crippen molar-refractivity contribution in [3.63, 3.8) is 0 Å². The van der Waals surface area contributed by atoms with E-state index in [1.54, 1.807) is 16.9 Å². The monoisotopic (exact) mass is 1180 g/mol. The van der Waals surface area contributed by atoms with Gasteiger partial charge >= 0.3 is 0 Å². The predicted molar refractivity (Wildman–Crippen MR) is 385 cm³/mol. The average Bonchev–Trinajstić information content (AvgIpc) is 2.55. The van der Waals surface area contributed by atoms with E-state index in [0.717, 1.165) is 18.5 Å². The zero-order valence-corrected chi connectivity index (χ0v) is 60.9. The van der Waals surface area contributed by atoms with Gasteiger partial charge in [0.15, 0.2) is 0 Å². The molecule has 0 saturated heterocycles. The molecule has 5 heteroatoms. The van der Waals surface area contributed by atoms with E-state index in [1.165, 1.54) is 88.8 Å². The summed E-state index contributed by atoms with van der Waals surface area (Å²) in [6.07, 6.45) is 6.55. The van der Waals surface area contributed by atoms with E-state index < -0.39 is 0 Å². The van der Waals surface area contributed by atoms with Crippen LogP contribution in [0.4, 0.5) is 5.69 Å². The number of H-pyrrole nitrogens is 1. The Morgan fingerprint density at radius 1 is 0.430 bits per heavy atom. The summed E-state index contributed by atoms with van der Waals surface area (Å²) in [5.41, 5.74) is 23.0. The molecule has 0 amide bonds. The van der Waals surface area contributed by atoms with Crippen LogP contribution in [0.15, 0.2) is 119 Å². The first-order valence-corrected chi connectivity index (χ1v) is 33.4. The van der Waals surface area contributed by atoms with Crippen LogP contribution in [0.25, 0.3) is 17.0 Å². The molecule has 2 aliphatic rings. The Hall–Kier alpha value is -5.39. The van der Waals surface area contributed by atoms with E-state index in [2.05, 4.69) is 331 Å². The van der Waals surface area contributed by atoms with Crippen molar-refractivity contribution in [3.8, 4) is 0 Å². The van der Waals surface area contributed by atoms with E-state index in [9.17, 15) is 0 Å². The van der Waals surface area contributed by atoms with Crippen LogP contribution in [0.2, 0.25) is 0 Å². The van der Waals surface area contributed by atoms with Gasteiger partial charge in [-0.2, -0.15) is 0 Å². The molecule has 0 radical (unpaired) electrons. The minimum atomic E-state index is 0.149. The summed E-state index contributed by atoms with van der Waals surface area (Å²) < 4.78 is 0. The van der Waals surface area contributed by atoms with Crippen LogP contribution in [0, 0.1) is 10.8 Å². The topological polar surface area (TPSA) is 53.9 Å². The maximum absolute atomic E-state index is 4.78. The van der Waals surface area contributed by atoms with E-state index in [4.69, 9.17) is 4.99 Å². The second-order valence-electron chi connectivity index (χ2n) is 32.5. The molecule has 0 bridgehead atoms. The number of fused-ring (bicyclic) bond motifs is 3. The van der Waals surface area contributed by atoms with Gasteiger partial charge in [-0.15, -0.1) is 11.3 Å². The smallest absolute Gasteiger partial charge is 0.0953 e. The quantitative estimate of drug-likeness (QED) is 0.180. The second kappa shape index (κ2) is 29.7. The van der Waals surface area contributed by atoms with Gasteiger partial charge in [0.1, 0.15) is 0 Å². The SMILES string of the molecule is CC(C)(C)C1=Cc2cc(C(C)(C)C)ccc2C1.CC(C)(C)c1ccc(C(C)(C)C)nc1.CC(C)c1ccc(C(C)(C)C)cc1.CC(C)c1ccc2c(c1)N=C(C(C)(C)C)C2.CC(C)c1ccc2cc(C(C)C)[nH]c2c1.CC(C)c1csc(C(C)C)n1. The lowest BCUT2D eigenvalue weighted by atomic mass is 9.85. The lowest BCUT2D eigenvalue weighted by molar-refractivity contribution is 0.498. The molecule has 0 unspecified atom stereocenters. The van der Waals surface area contributed by atoms with Crippen molar-refractivity contribution >= 4 is 39.7 Å². The van der Waals surface area contributed by atoms with Crippen molar-refractivity contribution in [3.05, 3.63) is 186 Å². The van der Waals surface area contributed by atoms with Gasteiger partial charge < -0.3 is 4.98 Å². The summed E-state index contributed by atoms with van der Waals surface area (Å²) in [6.45, 7) is 66.9. The molecule has 1 aliphatic heterocycles. The summed E-state index contributed by atoms with van der Waals surface area (Å²) >= 11 is 1.77. The van der Waals surface area contributed by atoms with Crippen LogP contribution >= 0.6 is 11.3 Å². The molecule has 4 aromatic carbocycles. The molecule has 470 valence electrons. The van der Waals surface area contributed by atoms with Gasteiger partial charge in [-0.1, -0.05) is 292 Å². The molecule has 1 aliphatic carbocycles. The Labute approximate surface area is 531 Å². The lowest BCUT2D eigenvalue weighted by Crippen LogP contribution is -2.19. The minimum Gasteiger partial charge on any atom is -0.358 e. The molecule has 86 heavy (non-hydrogen) atoms. The normalized spacial score (nSPS) is 13.4. The van der Waals surface area contributed by atoms with Gasteiger partial charge in [0, 0.05) is 57.4 Å². The molecule has 0 fully saturated rings. The van der Waals surface area contributed by atoms with Crippen LogP contribution in [0.5, 0.6) is 0 Å². The van der Waals surface area contributed by atoms with E-state index in [-0.39, 0.29) is 27.1 Å². The van der Waals surface area contributed by atoms with E-state index >= 15 is 0 Å². The Bertz CT molecular complexity index is 3220. The molecule has 0 saturated carbocycles. The van der Waals surface area contributed by atoms with Crippen LogP contribution in [0.3, 0.4) is 0 Å². The largest absolute Gasteiger partial charge is 0.358 e. The molecule has 0 atom stereocenters. The van der Waals surface area contributed by atoms with Crippen molar-refractivity contribution in [1.82, 2.24) is 15.0 Å². The molecular weight excluding hydrogens is 1060 g/mol. The maximum Gasteiger partial charge on any atom is 0.0953 e. The number of aromatic nitrogens is 3. The minimum absolute atomic E-state index is 0.149. The molecule has 0 spiro atoms. The third-order valence-corrected chi connectivity index (χ3v) is 17.5. The van der Waals surface area contributed by atoms with E-state index in [1.807, 2.05) is 6.20 Å². The highest BCUT2D eigenvalue weighted by atomic mass is 32.1. The fraction of sp³-hybridized carbons (Fsp3) is 0.543. The third kappa shape index (κ3) is 22.0. The number of rotatable bonds is 6. The first-order chi connectivity index (χ1) is 39.4. The standard InChI is InChI=1S/C17H24.C15H21N.C14H19N.C13H21N.C13H20.C9H15NS/c1-16(2,3)14-8-7-12-9-15(17(4,5)6)11-13(12)10-14;1-10(2)11-6-7-12-9-14(15(3,4)5)16-13(12)8-11;1-9(2)11-5-6-12-8-13(10(3)4)15-14(12)7-11;1-12(2,3)10-7-8-11(14-9-10)13(4,5)6;1-10(2)11-6-8-12(9-7-11)13(3,4)5;1-6(2)8-5-11-9(10-8)7(3)4/h7-8,10-11H,9H2,1-6H3;6-8,10H,9H2,1-5H3;5-10,15H,1-4H3;7-9H,1-6H3;6-10H,1-5H3;5-7H,1-4H3. The van der Waals surface area contributed by atoms with Gasteiger partial charge in [-0.05, 0) is 137 Å².